The molecule has 1 N–H and O–H groups in total. The number of nitro groups is 1. The first-order valence-electron chi connectivity index (χ1n) is 9.05. The van der Waals surface area contributed by atoms with Gasteiger partial charge in [-0.25, -0.2) is 0 Å². The van der Waals surface area contributed by atoms with Gasteiger partial charge in [-0.2, -0.15) is 0 Å². The molecule has 0 radical (unpaired) electrons. The molecule has 2 heterocycles. The minimum absolute atomic E-state index is 0.278. The number of carbonyl (C=O) groups excluding carboxylic acids is 1. The van der Waals surface area contributed by atoms with Gasteiger partial charge in [-0.3, -0.25) is 20.2 Å². The lowest BCUT2D eigenvalue weighted by molar-refractivity contribution is -0.571. The van der Waals surface area contributed by atoms with Crippen LogP contribution in [-0.4, -0.2) is 35.7 Å². The average molecular weight is 404 g/mol. The maximum absolute atomic E-state index is 12.8. The number of carbonyl (C=O) groups is 1. The van der Waals surface area contributed by atoms with E-state index in [1.165, 1.54) is 18.4 Å². The second-order valence-electron chi connectivity index (χ2n) is 7.20. The van der Waals surface area contributed by atoms with Gasteiger partial charge in [0.1, 0.15) is 17.3 Å². The summed E-state index contributed by atoms with van der Waals surface area (Å²) in [5, 5.41) is 17.5. The van der Waals surface area contributed by atoms with Gasteiger partial charge in [-0.05, 0) is 43.0 Å². The molecule has 4 atom stereocenters. The van der Waals surface area contributed by atoms with E-state index in [4.69, 9.17) is 9.47 Å². The summed E-state index contributed by atoms with van der Waals surface area (Å²) in [6.07, 6.45) is 0. The van der Waals surface area contributed by atoms with Crippen molar-refractivity contribution in [2.75, 3.05) is 13.7 Å². The first kappa shape index (κ1) is 20.3. The Morgan fingerprint density at radius 3 is 2.46 bits per heavy atom. The summed E-state index contributed by atoms with van der Waals surface area (Å²) in [4.78, 5) is 25.7. The van der Waals surface area contributed by atoms with Crippen LogP contribution in [0.15, 0.2) is 41.8 Å². The molecule has 1 aliphatic heterocycles. The fourth-order valence-electron chi connectivity index (χ4n) is 4.29. The van der Waals surface area contributed by atoms with Crippen LogP contribution in [0.5, 0.6) is 5.75 Å². The summed E-state index contributed by atoms with van der Waals surface area (Å²) in [5.74, 6) is -0.599. The predicted octanol–water partition coefficient (Wildman–Crippen LogP) is 3.54. The van der Waals surface area contributed by atoms with Gasteiger partial charge in [0.15, 0.2) is 0 Å². The summed E-state index contributed by atoms with van der Waals surface area (Å²) in [6.45, 7) is 5.69. The lowest BCUT2D eigenvalue weighted by Crippen LogP contribution is -2.51. The molecule has 1 aromatic carbocycles. The predicted molar refractivity (Wildman–Crippen MR) is 106 cm³/mol. The summed E-state index contributed by atoms with van der Waals surface area (Å²) < 4.78 is 10.5. The molecule has 1 aromatic heterocycles. The highest BCUT2D eigenvalue weighted by molar-refractivity contribution is 7.10. The number of benzene rings is 1. The maximum atomic E-state index is 12.8. The number of nitrogens with zero attached hydrogens (tertiary/aromatic N) is 1. The van der Waals surface area contributed by atoms with Crippen molar-refractivity contribution in [2.45, 2.75) is 43.8 Å². The van der Waals surface area contributed by atoms with Crippen LogP contribution in [0, 0.1) is 10.1 Å². The van der Waals surface area contributed by atoms with Gasteiger partial charge in [0.25, 0.3) is 0 Å². The second kappa shape index (κ2) is 7.52. The molecule has 7 nitrogen and oxygen atoms in total. The van der Waals surface area contributed by atoms with E-state index in [0.717, 1.165) is 4.88 Å². The Hall–Kier alpha value is -2.45. The molecule has 0 bridgehead atoms. The molecule has 0 saturated carbocycles. The van der Waals surface area contributed by atoms with Crippen LogP contribution in [0.4, 0.5) is 0 Å². The van der Waals surface area contributed by atoms with Gasteiger partial charge in [-0.1, -0.05) is 18.2 Å². The molecule has 3 rings (SSSR count). The smallest absolute Gasteiger partial charge is 0.326 e. The SMILES string of the molecule is CCOc1ccc([C@H]2[C@](C)([N+](=O)[O-])[C@H](c3cccs3)N[C@]2(C)C(=O)OC)cc1. The summed E-state index contributed by atoms with van der Waals surface area (Å²) in [5.41, 5.74) is -2.04. The highest BCUT2D eigenvalue weighted by Gasteiger charge is 2.69. The normalized spacial score (nSPS) is 29.4. The van der Waals surface area contributed by atoms with E-state index < -0.39 is 29.0 Å². The Morgan fingerprint density at radius 1 is 1.29 bits per heavy atom. The monoisotopic (exact) mass is 404 g/mol. The van der Waals surface area contributed by atoms with Crippen molar-refractivity contribution in [3.8, 4) is 5.75 Å². The Labute approximate surface area is 167 Å². The number of esters is 1. The van der Waals surface area contributed by atoms with Crippen LogP contribution in [-0.2, 0) is 9.53 Å². The van der Waals surface area contributed by atoms with Crippen LogP contribution in [0.25, 0.3) is 0 Å². The standard InChI is InChI=1S/C20H24N2O5S/c1-5-27-14-10-8-13(9-11-14)16-19(2,18(23)26-4)21-17(15-7-6-12-28-15)20(16,3)22(24)25/h6-12,16-17,21H,5H2,1-4H3/t16-,17+,19+,20+/m1/s1. The molecule has 0 amide bonds. The Kier molecular flexibility index (Phi) is 5.45. The van der Waals surface area contributed by atoms with Crippen LogP contribution in [0.1, 0.15) is 43.2 Å². The summed E-state index contributed by atoms with van der Waals surface area (Å²) >= 11 is 1.43. The number of hydrogen-bond acceptors (Lipinski definition) is 7. The Bertz CT molecular complexity index is 854. The van der Waals surface area contributed by atoms with E-state index >= 15 is 0 Å². The largest absolute Gasteiger partial charge is 0.494 e. The van der Waals surface area contributed by atoms with Crippen molar-refractivity contribution in [1.29, 1.82) is 0 Å². The van der Waals surface area contributed by atoms with Crippen molar-refractivity contribution < 1.29 is 19.2 Å². The van der Waals surface area contributed by atoms with Gasteiger partial charge >= 0.3 is 5.97 Å². The van der Waals surface area contributed by atoms with Gasteiger partial charge in [-0.15, -0.1) is 11.3 Å². The van der Waals surface area contributed by atoms with Crippen LogP contribution in [0.2, 0.25) is 0 Å². The minimum Gasteiger partial charge on any atom is -0.494 e. The lowest BCUT2D eigenvalue weighted by Gasteiger charge is -2.32. The van der Waals surface area contributed by atoms with Crippen LogP contribution < -0.4 is 10.1 Å². The van der Waals surface area contributed by atoms with Gasteiger partial charge in [0.05, 0.1) is 19.6 Å². The maximum Gasteiger partial charge on any atom is 0.326 e. The summed E-state index contributed by atoms with van der Waals surface area (Å²) in [7, 11) is 1.30. The molecule has 150 valence electrons. The zero-order valence-electron chi connectivity index (χ0n) is 16.3. The van der Waals surface area contributed by atoms with E-state index in [-0.39, 0.29) is 4.92 Å². The number of thiophene rings is 1. The first-order chi connectivity index (χ1) is 13.3. The molecular weight excluding hydrogens is 380 g/mol. The Morgan fingerprint density at radius 2 is 1.96 bits per heavy atom. The third kappa shape index (κ3) is 3.06. The van der Waals surface area contributed by atoms with Gasteiger partial charge in [0.2, 0.25) is 5.54 Å². The van der Waals surface area contributed by atoms with Crippen molar-refractivity contribution in [3.63, 3.8) is 0 Å². The fourth-order valence-corrected chi connectivity index (χ4v) is 5.19. The number of nitrogens with one attached hydrogen (secondary N) is 1. The molecule has 0 unspecified atom stereocenters. The van der Waals surface area contributed by atoms with Crippen molar-refractivity contribution in [1.82, 2.24) is 5.32 Å². The van der Waals surface area contributed by atoms with E-state index in [2.05, 4.69) is 5.32 Å². The van der Waals surface area contributed by atoms with Crippen molar-refractivity contribution in [2.24, 2.45) is 0 Å². The minimum atomic E-state index is -1.46. The zero-order valence-corrected chi connectivity index (χ0v) is 17.1. The Balaban J connectivity index is 2.17. The van der Waals surface area contributed by atoms with E-state index in [1.54, 1.807) is 38.1 Å². The molecule has 1 aliphatic rings. The molecule has 0 spiro atoms. The topological polar surface area (TPSA) is 90.7 Å². The zero-order chi connectivity index (χ0) is 20.5. The van der Waals surface area contributed by atoms with Crippen molar-refractivity contribution in [3.05, 3.63) is 62.3 Å². The van der Waals surface area contributed by atoms with E-state index in [1.807, 2.05) is 24.4 Å². The molecule has 28 heavy (non-hydrogen) atoms. The average Bonchev–Trinajstić information content (AvgIpc) is 3.28. The quantitative estimate of drug-likeness (QED) is 0.450. The van der Waals surface area contributed by atoms with E-state index in [0.29, 0.717) is 17.9 Å². The highest BCUT2D eigenvalue weighted by atomic mass is 32.1. The third-order valence-corrected chi connectivity index (χ3v) is 6.48. The molecule has 1 saturated heterocycles. The van der Waals surface area contributed by atoms with E-state index in [9.17, 15) is 14.9 Å². The molecular formula is C20H24N2O5S. The van der Waals surface area contributed by atoms with Crippen LogP contribution >= 0.6 is 11.3 Å². The molecule has 1 fully saturated rings. The summed E-state index contributed by atoms with van der Waals surface area (Å²) in [6, 6.07) is 10.2. The molecule has 8 heteroatoms. The third-order valence-electron chi connectivity index (χ3n) is 5.55. The fraction of sp³-hybridized carbons (Fsp3) is 0.450. The number of rotatable bonds is 6. The van der Waals surface area contributed by atoms with Crippen LogP contribution in [0.3, 0.4) is 0 Å². The molecule has 0 aliphatic carbocycles. The van der Waals surface area contributed by atoms with Gasteiger partial charge < -0.3 is 9.47 Å². The lowest BCUT2D eigenvalue weighted by atomic mass is 9.71. The van der Waals surface area contributed by atoms with Crippen molar-refractivity contribution >= 4 is 17.3 Å². The highest BCUT2D eigenvalue weighted by Crippen LogP contribution is 2.54. The molecule has 2 aromatic rings. The number of methoxy groups -OCH3 is 1. The first-order valence-corrected chi connectivity index (χ1v) is 9.93. The second-order valence-corrected chi connectivity index (χ2v) is 8.18. The van der Waals surface area contributed by atoms with Gasteiger partial charge in [0, 0.05) is 16.7 Å². The number of ether oxygens (including phenoxy) is 2. The number of hydrogen-bond donors (Lipinski definition) is 1.